The first-order valence-electron chi connectivity index (χ1n) is 7.19. The van der Waals surface area contributed by atoms with Gasteiger partial charge in [0.15, 0.2) is 6.61 Å². The van der Waals surface area contributed by atoms with Crippen LogP contribution in [0.15, 0.2) is 53.6 Å². The van der Waals surface area contributed by atoms with Crippen molar-refractivity contribution in [1.82, 2.24) is 5.43 Å². The van der Waals surface area contributed by atoms with E-state index in [0.29, 0.717) is 12.2 Å². The standard InChI is InChI=1S/C18H20N2O2/c1-14-8-9-17(15(2)12-14)22-13-18(21)20-19-11-10-16-6-4-3-5-7-16/h3-9,11-12H,10,13H2,1-2H3,(H,20,21)/b19-11+. The molecule has 0 unspecified atom stereocenters. The maximum Gasteiger partial charge on any atom is 0.277 e. The minimum Gasteiger partial charge on any atom is -0.483 e. The van der Waals surface area contributed by atoms with E-state index >= 15 is 0 Å². The predicted octanol–water partition coefficient (Wildman–Crippen LogP) is 3.03. The van der Waals surface area contributed by atoms with Gasteiger partial charge in [-0.2, -0.15) is 5.10 Å². The molecule has 0 saturated carbocycles. The van der Waals surface area contributed by atoms with Gasteiger partial charge in [-0.1, -0.05) is 48.0 Å². The van der Waals surface area contributed by atoms with Gasteiger partial charge >= 0.3 is 0 Å². The number of ether oxygens (including phenoxy) is 1. The third-order valence-electron chi connectivity index (χ3n) is 3.14. The molecule has 114 valence electrons. The van der Waals surface area contributed by atoms with E-state index in [1.54, 1.807) is 6.21 Å². The van der Waals surface area contributed by atoms with Gasteiger partial charge in [0.05, 0.1) is 0 Å². The van der Waals surface area contributed by atoms with Gasteiger partial charge in [0.25, 0.3) is 5.91 Å². The molecule has 0 bridgehead atoms. The first kappa shape index (κ1) is 15.8. The summed E-state index contributed by atoms with van der Waals surface area (Å²) in [6.45, 7) is 3.93. The van der Waals surface area contributed by atoms with Crippen LogP contribution in [0.1, 0.15) is 16.7 Å². The number of nitrogens with one attached hydrogen (secondary N) is 1. The summed E-state index contributed by atoms with van der Waals surface area (Å²) in [7, 11) is 0. The van der Waals surface area contributed by atoms with Crippen molar-refractivity contribution >= 4 is 12.1 Å². The van der Waals surface area contributed by atoms with Crippen molar-refractivity contribution in [2.75, 3.05) is 6.61 Å². The van der Waals surface area contributed by atoms with Gasteiger partial charge in [-0.25, -0.2) is 5.43 Å². The van der Waals surface area contributed by atoms with Crippen molar-refractivity contribution in [3.05, 3.63) is 65.2 Å². The second-order valence-electron chi connectivity index (χ2n) is 5.09. The molecule has 0 atom stereocenters. The molecule has 2 rings (SSSR count). The van der Waals surface area contributed by atoms with Crippen LogP contribution in [0.5, 0.6) is 5.75 Å². The molecule has 0 aliphatic heterocycles. The Hall–Kier alpha value is -2.62. The Labute approximate surface area is 130 Å². The monoisotopic (exact) mass is 296 g/mol. The number of hydrogen-bond donors (Lipinski definition) is 1. The summed E-state index contributed by atoms with van der Waals surface area (Å²) < 4.78 is 5.48. The lowest BCUT2D eigenvalue weighted by molar-refractivity contribution is -0.123. The Morgan fingerprint density at radius 1 is 1.18 bits per heavy atom. The Morgan fingerprint density at radius 2 is 1.95 bits per heavy atom. The van der Waals surface area contributed by atoms with Gasteiger partial charge in [0, 0.05) is 12.6 Å². The zero-order valence-electron chi connectivity index (χ0n) is 12.9. The van der Waals surface area contributed by atoms with Crippen molar-refractivity contribution in [3.8, 4) is 5.75 Å². The molecule has 0 saturated heterocycles. The first-order chi connectivity index (χ1) is 10.6. The topological polar surface area (TPSA) is 50.7 Å². The molecule has 0 spiro atoms. The third kappa shape index (κ3) is 5.05. The Balaban J connectivity index is 1.74. The number of benzene rings is 2. The number of aryl methyl sites for hydroxylation is 2. The molecule has 1 amide bonds. The van der Waals surface area contributed by atoms with E-state index in [0.717, 1.165) is 11.1 Å². The van der Waals surface area contributed by atoms with Gasteiger partial charge in [0.2, 0.25) is 0 Å². The molecule has 0 radical (unpaired) electrons. The van der Waals surface area contributed by atoms with Crippen LogP contribution in [-0.4, -0.2) is 18.7 Å². The van der Waals surface area contributed by atoms with E-state index in [1.165, 1.54) is 5.56 Å². The number of amides is 1. The molecule has 22 heavy (non-hydrogen) atoms. The number of carbonyl (C=O) groups excluding carboxylic acids is 1. The number of hydrazone groups is 1. The normalized spacial score (nSPS) is 10.6. The Kier molecular flexibility index (Phi) is 5.72. The lowest BCUT2D eigenvalue weighted by Gasteiger charge is -2.08. The summed E-state index contributed by atoms with van der Waals surface area (Å²) in [6.07, 6.45) is 2.35. The van der Waals surface area contributed by atoms with Crippen LogP contribution in [0.2, 0.25) is 0 Å². The van der Waals surface area contributed by atoms with E-state index in [2.05, 4.69) is 10.5 Å². The fourth-order valence-corrected chi connectivity index (χ4v) is 2.02. The molecule has 0 fully saturated rings. The molecular weight excluding hydrogens is 276 g/mol. The lowest BCUT2D eigenvalue weighted by Crippen LogP contribution is -2.24. The highest BCUT2D eigenvalue weighted by Crippen LogP contribution is 2.18. The molecule has 1 N–H and O–H groups in total. The first-order valence-corrected chi connectivity index (χ1v) is 7.19. The zero-order chi connectivity index (χ0) is 15.8. The van der Waals surface area contributed by atoms with Crippen LogP contribution < -0.4 is 10.2 Å². The summed E-state index contributed by atoms with van der Waals surface area (Å²) in [6, 6.07) is 15.8. The summed E-state index contributed by atoms with van der Waals surface area (Å²) in [5, 5.41) is 3.91. The molecule has 2 aromatic rings. The smallest absolute Gasteiger partial charge is 0.277 e. The highest BCUT2D eigenvalue weighted by atomic mass is 16.5. The quantitative estimate of drug-likeness (QED) is 0.658. The molecule has 4 nitrogen and oxygen atoms in total. The molecule has 0 heterocycles. The molecule has 4 heteroatoms. The van der Waals surface area contributed by atoms with Gasteiger partial charge in [-0.05, 0) is 31.0 Å². The number of carbonyl (C=O) groups is 1. The van der Waals surface area contributed by atoms with E-state index < -0.39 is 0 Å². The van der Waals surface area contributed by atoms with Crippen LogP contribution in [0.25, 0.3) is 0 Å². The Bertz CT molecular complexity index is 651. The van der Waals surface area contributed by atoms with Crippen molar-refractivity contribution in [2.24, 2.45) is 5.10 Å². The van der Waals surface area contributed by atoms with Crippen LogP contribution in [0.4, 0.5) is 0 Å². The Morgan fingerprint density at radius 3 is 2.68 bits per heavy atom. The van der Waals surface area contributed by atoms with Crippen LogP contribution in [0, 0.1) is 13.8 Å². The summed E-state index contributed by atoms with van der Waals surface area (Å²) in [5.74, 6) is 0.443. The maximum atomic E-state index is 11.7. The van der Waals surface area contributed by atoms with Crippen molar-refractivity contribution in [3.63, 3.8) is 0 Å². The van der Waals surface area contributed by atoms with Crippen LogP contribution in [0.3, 0.4) is 0 Å². The SMILES string of the molecule is Cc1ccc(OCC(=O)N/N=C/Cc2ccccc2)c(C)c1. The number of hydrogen-bond acceptors (Lipinski definition) is 3. The molecular formula is C18H20N2O2. The fraction of sp³-hybridized carbons (Fsp3) is 0.222. The summed E-state index contributed by atoms with van der Waals surface area (Å²) >= 11 is 0. The highest BCUT2D eigenvalue weighted by Gasteiger charge is 2.03. The average Bonchev–Trinajstić information content (AvgIpc) is 2.52. The number of nitrogens with zero attached hydrogens (tertiary/aromatic N) is 1. The van der Waals surface area contributed by atoms with Gasteiger partial charge in [-0.3, -0.25) is 4.79 Å². The van der Waals surface area contributed by atoms with Crippen LogP contribution >= 0.6 is 0 Å². The largest absolute Gasteiger partial charge is 0.483 e. The van der Waals surface area contributed by atoms with Crippen LogP contribution in [-0.2, 0) is 11.2 Å². The summed E-state index contributed by atoms with van der Waals surface area (Å²) in [4.78, 5) is 11.7. The van der Waals surface area contributed by atoms with E-state index in [1.807, 2.05) is 62.4 Å². The zero-order valence-corrected chi connectivity index (χ0v) is 12.9. The fourth-order valence-electron chi connectivity index (χ4n) is 2.02. The number of rotatable bonds is 6. The van der Waals surface area contributed by atoms with Gasteiger partial charge in [0.1, 0.15) is 5.75 Å². The second kappa shape index (κ2) is 7.98. The summed E-state index contributed by atoms with van der Waals surface area (Å²) in [5.41, 5.74) is 5.79. The third-order valence-corrected chi connectivity index (χ3v) is 3.14. The predicted molar refractivity (Wildman–Crippen MR) is 88.2 cm³/mol. The molecule has 0 aliphatic carbocycles. The minimum absolute atomic E-state index is 0.0490. The van der Waals surface area contributed by atoms with E-state index in [4.69, 9.17) is 4.74 Å². The van der Waals surface area contributed by atoms with Crippen molar-refractivity contribution in [1.29, 1.82) is 0 Å². The molecule has 0 aromatic heterocycles. The van der Waals surface area contributed by atoms with E-state index in [9.17, 15) is 4.79 Å². The molecule has 0 aliphatic rings. The van der Waals surface area contributed by atoms with Crippen molar-refractivity contribution < 1.29 is 9.53 Å². The maximum absolute atomic E-state index is 11.7. The molecule has 2 aromatic carbocycles. The lowest BCUT2D eigenvalue weighted by atomic mass is 10.1. The van der Waals surface area contributed by atoms with E-state index in [-0.39, 0.29) is 12.5 Å². The minimum atomic E-state index is -0.274. The second-order valence-corrected chi connectivity index (χ2v) is 5.09. The van der Waals surface area contributed by atoms with Gasteiger partial charge < -0.3 is 4.74 Å². The average molecular weight is 296 g/mol. The van der Waals surface area contributed by atoms with Crippen molar-refractivity contribution in [2.45, 2.75) is 20.3 Å². The highest BCUT2D eigenvalue weighted by molar-refractivity contribution is 5.78. The van der Waals surface area contributed by atoms with Gasteiger partial charge in [-0.15, -0.1) is 0 Å².